The Hall–Kier alpha value is -1.02. The number of nitrogens with two attached hydrogens (primary N) is 1. The van der Waals surface area contributed by atoms with E-state index in [1.165, 1.54) is 11.3 Å². The van der Waals surface area contributed by atoms with Crippen molar-refractivity contribution >= 4 is 5.69 Å². The van der Waals surface area contributed by atoms with E-state index in [1.807, 2.05) is 0 Å². The Balaban J connectivity index is 2.80. The first-order valence-electron chi connectivity index (χ1n) is 6.60. The lowest BCUT2D eigenvalue weighted by Gasteiger charge is -2.31. The molecule has 0 aromatic heterocycles. The van der Waals surface area contributed by atoms with E-state index in [4.69, 9.17) is 5.73 Å². The van der Waals surface area contributed by atoms with Gasteiger partial charge in [0.15, 0.2) is 0 Å². The van der Waals surface area contributed by atoms with Crippen LogP contribution >= 0.6 is 0 Å². The van der Waals surface area contributed by atoms with E-state index in [1.54, 1.807) is 0 Å². The van der Waals surface area contributed by atoms with Crippen LogP contribution in [0.4, 0.5) is 5.69 Å². The molecule has 0 unspecified atom stereocenters. The van der Waals surface area contributed by atoms with E-state index in [9.17, 15) is 0 Å². The molecule has 0 spiro atoms. The summed E-state index contributed by atoms with van der Waals surface area (Å²) in [6.07, 6.45) is 0.964. The molecule has 0 aliphatic rings. The fraction of sp³-hybridized carbons (Fsp3) is 0.600. The maximum atomic E-state index is 5.56. The van der Waals surface area contributed by atoms with Crippen LogP contribution in [0.1, 0.15) is 33.3 Å². The number of rotatable bonds is 6. The van der Waals surface area contributed by atoms with Gasteiger partial charge in [-0.2, -0.15) is 0 Å². The zero-order valence-corrected chi connectivity index (χ0v) is 11.6. The van der Waals surface area contributed by atoms with E-state index in [-0.39, 0.29) is 0 Å². The summed E-state index contributed by atoms with van der Waals surface area (Å²) in [6, 6.07) is 9.36. The average Bonchev–Trinajstić information content (AvgIpc) is 2.27. The smallest absolute Gasteiger partial charge is 0.0368 e. The summed E-state index contributed by atoms with van der Waals surface area (Å²) >= 11 is 0. The second-order valence-electron chi connectivity index (χ2n) is 5.35. The Bertz CT molecular complexity index is 314. The minimum absolute atomic E-state index is 0.540. The standard InChI is InChI=1S/C15H26N2/c1-12(2)11-17(13(3)4)15-7-5-14(6-8-15)9-10-16/h5-8,12-13H,9-11,16H2,1-4H3. The molecule has 1 aromatic carbocycles. The molecule has 2 nitrogen and oxygen atoms in total. The number of benzene rings is 1. The highest BCUT2D eigenvalue weighted by molar-refractivity contribution is 5.48. The molecule has 1 rings (SSSR count). The summed E-state index contributed by atoms with van der Waals surface area (Å²) < 4.78 is 0. The SMILES string of the molecule is CC(C)CN(c1ccc(CCN)cc1)C(C)C. The number of anilines is 1. The molecule has 0 saturated carbocycles. The van der Waals surface area contributed by atoms with Gasteiger partial charge in [-0.3, -0.25) is 0 Å². The van der Waals surface area contributed by atoms with Gasteiger partial charge < -0.3 is 10.6 Å². The number of hydrogen-bond acceptors (Lipinski definition) is 2. The molecule has 0 amide bonds. The Labute approximate surface area is 106 Å². The molecule has 0 aliphatic carbocycles. The van der Waals surface area contributed by atoms with Crippen molar-refractivity contribution in [2.45, 2.75) is 40.2 Å². The van der Waals surface area contributed by atoms with Crippen molar-refractivity contribution in [3.8, 4) is 0 Å². The van der Waals surface area contributed by atoms with E-state index >= 15 is 0 Å². The van der Waals surface area contributed by atoms with Crippen molar-refractivity contribution < 1.29 is 0 Å². The van der Waals surface area contributed by atoms with Gasteiger partial charge in [0.2, 0.25) is 0 Å². The first-order valence-corrected chi connectivity index (χ1v) is 6.60. The van der Waals surface area contributed by atoms with E-state index in [0.717, 1.165) is 19.5 Å². The average molecular weight is 234 g/mol. The highest BCUT2D eigenvalue weighted by atomic mass is 15.1. The number of hydrogen-bond donors (Lipinski definition) is 1. The zero-order chi connectivity index (χ0) is 12.8. The largest absolute Gasteiger partial charge is 0.369 e. The van der Waals surface area contributed by atoms with Crippen LogP contribution in [0, 0.1) is 5.92 Å². The van der Waals surface area contributed by atoms with Gasteiger partial charge in [0, 0.05) is 18.3 Å². The molecule has 0 fully saturated rings. The highest BCUT2D eigenvalue weighted by Crippen LogP contribution is 2.19. The Morgan fingerprint density at radius 2 is 1.65 bits per heavy atom. The van der Waals surface area contributed by atoms with E-state index in [2.05, 4.69) is 56.9 Å². The van der Waals surface area contributed by atoms with E-state index < -0.39 is 0 Å². The summed E-state index contributed by atoms with van der Waals surface area (Å²) in [5.74, 6) is 0.682. The van der Waals surface area contributed by atoms with Gasteiger partial charge in [0.05, 0.1) is 0 Å². The molecule has 0 aliphatic heterocycles. The molecule has 0 heterocycles. The molecule has 2 heteroatoms. The van der Waals surface area contributed by atoms with Crippen molar-refractivity contribution in [1.82, 2.24) is 0 Å². The highest BCUT2D eigenvalue weighted by Gasteiger charge is 2.11. The summed E-state index contributed by atoms with van der Waals surface area (Å²) in [6.45, 7) is 10.8. The fourth-order valence-electron chi connectivity index (χ4n) is 2.03. The summed E-state index contributed by atoms with van der Waals surface area (Å²) in [4.78, 5) is 2.46. The minimum Gasteiger partial charge on any atom is -0.369 e. The van der Waals surface area contributed by atoms with Gasteiger partial charge in [0.1, 0.15) is 0 Å². The van der Waals surface area contributed by atoms with Crippen molar-refractivity contribution in [2.75, 3.05) is 18.0 Å². The van der Waals surface area contributed by atoms with Crippen LogP contribution < -0.4 is 10.6 Å². The molecule has 0 atom stereocenters. The Morgan fingerprint density at radius 3 is 2.06 bits per heavy atom. The summed E-state index contributed by atoms with van der Waals surface area (Å²) in [5, 5.41) is 0. The molecule has 0 radical (unpaired) electrons. The van der Waals surface area contributed by atoms with Crippen LogP contribution in [0.3, 0.4) is 0 Å². The second-order valence-corrected chi connectivity index (χ2v) is 5.35. The van der Waals surface area contributed by atoms with Crippen LogP contribution in [0.15, 0.2) is 24.3 Å². The Kier molecular flexibility index (Phi) is 5.49. The second kappa shape index (κ2) is 6.65. The first kappa shape index (κ1) is 14.0. The third kappa shape index (κ3) is 4.39. The molecule has 17 heavy (non-hydrogen) atoms. The van der Waals surface area contributed by atoms with Gasteiger partial charge in [-0.1, -0.05) is 26.0 Å². The van der Waals surface area contributed by atoms with Gasteiger partial charge in [-0.25, -0.2) is 0 Å². The molecular weight excluding hydrogens is 208 g/mol. The zero-order valence-electron chi connectivity index (χ0n) is 11.6. The predicted octanol–water partition coefficient (Wildman–Crippen LogP) is 3.06. The van der Waals surface area contributed by atoms with Gasteiger partial charge in [-0.05, 0) is 50.4 Å². The van der Waals surface area contributed by atoms with Crippen molar-refractivity contribution in [2.24, 2.45) is 11.7 Å². The van der Waals surface area contributed by atoms with Crippen LogP contribution in [0.5, 0.6) is 0 Å². The van der Waals surface area contributed by atoms with Crippen LogP contribution in [0.25, 0.3) is 0 Å². The number of nitrogens with zero attached hydrogens (tertiary/aromatic N) is 1. The lowest BCUT2D eigenvalue weighted by atomic mass is 10.1. The summed E-state index contributed by atoms with van der Waals surface area (Å²) in [7, 11) is 0. The third-order valence-electron chi connectivity index (χ3n) is 2.89. The summed E-state index contributed by atoms with van der Waals surface area (Å²) in [5.41, 5.74) is 8.20. The van der Waals surface area contributed by atoms with Gasteiger partial charge >= 0.3 is 0 Å². The molecule has 2 N–H and O–H groups in total. The molecular formula is C15H26N2. The quantitative estimate of drug-likeness (QED) is 0.819. The van der Waals surface area contributed by atoms with Crippen LogP contribution in [-0.4, -0.2) is 19.1 Å². The lowest BCUT2D eigenvalue weighted by Crippen LogP contribution is -2.34. The van der Waals surface area contributed by atoms with Crippen molar-refractivity contribution in [1.29, 1.82) is 0 Å². The van der Waals surface area contributed by atoms with Crippen molar-refractivity contribution in [3.05, 3.63) is 29.8 Å². The molecule has 1 aromatic rings. The van der Waals surface area contributed by atoms with Gasteiger partial charge in [-0.15, -0.1) is 0 Å². The van der Waals surface area contributed by atoms with Crippen LogP contribution in [-0.2, 0) is 6.42 Å². The molecule has 0 saturated heterocycles. The lowest BCUT2D eigenvalue weighted by molar-refractivity contribution is 0.571. The maximum absolute atomic E-state index is 5.56. The fourth-order valence-corrected chi connectivity index (χ4v) is 2.03. The topological polar surface area (TPSA) is 29.3 Å². The molecule has 96 valence electrons. The monoisotopic (exact) mass is 234 g/mol. The first-order chi connectivity index (χ1) is 8.04. The predicted molar refractivity (Wildman–Crippen MR) is 76.5 cm³/mol. The third-order valence-corrected chi connectivity index (χ3v) is 2.89. The minimum atomic E-state index is 0.540. The molecule has 0 bridgehead atoms. The van der Waals surface area contributed by atoms with Gasteiger partial charge in [0.25, 0.3) is 0 Å². The van der Waals surface area contributed by atoms with Crippen molar-refractivity contribution in [3.63, 3.8) is 0 Å². The maximum Gasteiger partial charge on any atom is 0.0368 e. The Morgan fingerprint density at radius 1 is 1.06 bits per heavy atom. The van der Waals surface area contributed by atoms with Crippen LogP contribution in [0.2, 0.25) is 0 Å². The normalized spacial score (nSPS) is 11.2. The van der Waals surface area contributed by atoms with E-state index in [0.29, 0.717) is 12.0 Å².